The Morgan fingerprint density at radius 3 is 2.43 bits per heavy atom. The summed E-state index contributed by atoms with van der Waals surface area (Å²) in [5.74, 6) is 0.692. The number of halogens is 1. The molecule has 1 aliphatic carbocycles. The van der Waals surface area contributed by atoms with E-state index in [-0.39, 0.29) is 11.7 Å². The highest BCUT2D eigenvalue weighted by atomic mass is 19.1. The Morgan fingerprint density at radius 2 is 1.77 bits per heavy atom. The van der Waals surface area contributed by atoms with Gasteiger partial charge in [-0.1, -0.05) is 30.3 Å². The quantitative estimate of drug-likeness (QED) is 0.746. The van der Waals surface area contributed by atoms with Crippen LogP contribution in [-0.2, 0) is 16.9 Å². The molecule has 5 heteroatoms. The van der Waals surface area contributed by atoms with E-state index in [1.807, 2.05) is 6.07 Å². The van der Waals surface area contributed by atoms with E-state index in [4.69, 9.17) is 4.74 Å². The maximum Gasteiger partial charge on any atom is 0.217 e. The second kappa shape index (κ2) is 9.17. The summed E-state index contributed by atoms with van der Waals surface area (Å²) >= 11 is 0. The highest BCUT2D eigenvalue weighted by Crippen LogP contribution is 2.35. The minimum atomic E-state index is -0.435. The van der Waals surface area contributed by atoms with Gasteiger partial charge in [-0.3, -0.25) is 9.69 Å². The third-order valence-corrected chi connectivity index (χ3v) is 6.48. The van der Waals surface area contributed by atoms with Crippen molar-refractivity contribution < 1.29 is 13.9 Å². The van der Waals surface area contributed by atoms with Crippen molar-refractivity contribution in [1.82, 2.24) is 10.2 Å². The molecule has 2 aromatic carbocycles. The summed E-state index contributed by atoms with van der Waals surface area (Å²) < 4.78 is 19.7. The first-order chi connectivity index (χ1) is 14.5. The number of para-hydroxylation sites is 1. The second-order valence-corrected chi connectivity index (χ2v) is 8.68. The van der Waals surface area contributed by atoms with Crippen molar-refractivity contribution in [3.05, 3.63) is 65.5 Å². The van der Waals surface area contributed by atoms with Gasteiger partial charge in [-0.2, -0.15) is 0 Å². The number of hydrogen-bond acceptors (Lipinski definition) is 3. The normalized spacial score (nSPS) is 19.5. The van der Waals surface area contributed by atoms with Crippen LogP contribution in [0, 0.1) is 5.82 Å². The molecule has 1 amide bonds. The first-order valence-corrected chi connectivity index (χ1v) is 11.1. The van der Waals surface area contributed by atoms with Crippen molar-refractivity contribution in [2.45, 2.75) is 63.6 Å². The van der Waals surface area contributed by atoms with Gasteiger partial charge in [-0.25, -0.2) is 4.39 Å². The predicted molar refractivity (Wildman–Crippen MR) is 116 cm³/mol. The summed E-state index contributed by atoms with van der Waals surface area (Å²) in [6.07, 6.45) is 6.75. The smallest absolute Gasteiger partial charge is 0.217 e. The summed E-state index contributed by atoms with van der Waals surface area (Å²) in [6.45, 7) is 4.10. The van der Waals surface area contributed by atoms with Crippen LogP contribution in [0.2, 0.25) is 0 Å². The average Bonchev–Trinajstić information content (AvgIpc) is 3.24. The fraction of sp³-hybridized carbons (Fsp3) is 0.480. The summed E-state index contributed by atoms with van der Waals surface area (Å²) in [4.78, 5) is 14.3. The van der Waals surface area contributed by atoms with Crippen LogP contribution < -0.4 is 10.1 Å². The largest absolute Gasteiger partial charge is 0.490 e. The van der Waals surface area contributed by atoms with Gasteiger partial charge in [-0.05, 0) is 62.3 Å². The lowest BCUT2D eigenvalue weighted by atomic mass is 9.80. The molecule has 0 aromatic heterocycles. The van der Waals surface area contributed by atoms with Crippen LogP contribution in [0.5, 0.6) is 5.75 Å². The van der Waals surface area contributed by atoms with Crippen molar-refractivity contribution >= 4 is 5.91 Å². The monoisotopic (exact) mass is 410 g/mol. The number of ether oxygens (including phenoxy) is 1. The predicted octanol–water partition coefficient (Wildman–Crippen LogP) is 4.77. The number of piperidine rings is 1. The van der Waals surface area contributed by atoms with Crippen molar-refractivity contribution in [2.75, 3.05) is 13.1 Å². The Kier molecular flexibility index (Phi) is 6.38. The maximum atomic E-state index is 13.4. The molecule has 4 rings (SSSR count). The zero-order chi connectivity index (χ0) is 21.0. The summed E-state index contributed by atoms with van der Waals surface area (Å²) in [5, 5.41) is 3.16. The van der Waals surface area contributed by atoms with Crippen molar-refractivity contribution in [3.63, 3.8) is 0 Å². The van der Waals surface area contributed by atoms with Crippen LogP contribution in [0.3, 0.4) is 0 Å². The average molecular weight is 411 g/mol. The van der Waals surface area contributed by atoms with Gasteiger partial charge < -0.3 is 10.1 Å². The molecule has 0 bridgehead atoms. The minimum Gasteiger partial charge on any atom is -0.490 e. The summed E-state index contributed by atoms with van der Waals surface area (Å²) in [5.41, 5.74) is 1.76. The van der Waals surface area contributed by atoms with E-state index < -0.39 is 5.54 Å². The zero-order valence-electron chi connectivity index (χ0n) is 17.7. The summed E-state index contributed by atoms with van der Waals surface area (Å²) in [7, 11) is 0. The molecule has 0 radical (unpaired) electrons. The van der Waals surface area contributed by atoms with E-state index in [0.29, 0.717) is 6.10 Å². The number of rotatable bonds is 6. The first-order valence-electron chi connectivity index (χ1n) is 11.1. The van der Waals surface area contributed by atoms with Gasteiger partial charge in [0.15, 0.2) is 0 Å². The maximum absolute atomic E-state index is 13.4. The van der Waals surface area contributed by atoms with E-state index >= 15 is 0 Å². The Morgan fingerprint density at radius 1 is 1.10 bits per heavy atom. The van der Waals surface area contributed by atoms with Crippen LogP contribution in [-0.4, -0.2) is 30.0 Å². The fourth-order valence-corrected chi connectivity index (χ4v) is 4.86. The SMILES string of the molecule is CC(=O)NC1(c2ccc(F)cc2)CCN(Cc2ccccc2OC2CCCC2)CC1. The molecule has 160 valence electrons. The van der Waals surface area contributed by atoms with Gasteiger partial charge in [0.25, 0.3) is 0 Å². The third kappa shape index (κ3) is 4.84. The van der Waals surface area contributed by atoms with E-state index in [1.54, 1.807) is 19.1 Å². The van der Waals surface area contributed by atoms with Crippen molar-refractivity contribution in [3.8, 4) is 5.75 Å². The van der Waals surface area contributed by atoms with Crippen LogP contribution >= 0.6 is 0 Å². The van der Waals surface area contributed by atoms with Gasteiger partial charge in [-0.15, -0.1) is 0 Å². The number of likely N-dealkylation sites (tertiary alicyclic amines) is 1. The standard InChI is InChI=1S/C25H31FN2O2/c1-19(29)27-25(21-10-12-22(26)13-11-21)14-16-28(17-15-25)18-20-6-2-5-9-24(20)30-23-7-3-4-8-23/h2,5-6,9-13,23H,3-4,7-8,14-18H2,1H3,(H,27,29). The molecule has 1 aliphatic heterocycles. The molecule has 30 heavy (non-hydrogen) atoms. The zero-order valence-corrected chi connectivity index (χ0v) is 17.7. The molecule has 1 N–H and O–H groups in total. The number of carbonyl (C=O) groups is 1. The first kappa shape index (κ1) is 20.9. The van der Waals surface area contributed by atoms with Gasteiger partial charge in [0.2, 0.25) is 5.91 Å². The number of amides is 1. The van der Waals surface area contributed by atoms with Gasteiger partial charge >= 0.3 is 0 Å². The number of nitrogens with zero attached hydrogens (tertiary/aromatic N) is 1. The van der Waals surface area contributed by atoms with E-state index in [0.717, 1.165) is 56.6 Å². The molecule has 1 saturated carbocycles. The third-order valence-electron chi connectivity index (χ3n) is 6.48. The minimum absolute atomic E-state index is 0.0527. The number of nitrogens with one attached hydrogen (secondary N) is 1. The van der Waals surface area contributed by atoms with Crippen LogP contribution in [0.1, 0.15) is 56.6 Å². The number of hydrogen-bond donors (Lipinski definition) is 1. The molecule has 1 heterocycles. The molecular weight excluding hydrogens is 379 g/mol. The highest BCUT2D eigenvalue weighted by molar-refractivity contribution is 5.74. The second-order valence-electron chi connectivity index (χ2n) is 8.68. The van der Waals surface area contributed by atoms with E-state index in [9.17, 15) is 9.18 Å². The Labute approximate surface area is 178 Å². The van der Waals surface area contributed by atoms with Crippen molar-refractivity contribution in [2.24, 2.45) is 0 Å². The van der Waals surface area contributed by atoms with E-state index in [1.165, 1.54) is 30.5 Å². The van der Waals surface area contributed by atoms with Gasteiger partial charge in [0.05, 0.1) is 11.6 Å². The van der Waals surface area contributed by atoms with E-state index in [2.05, 4.69) is 28.4 Å². The number of carbonyl (C=O) groups excluding carboxylic acids is 1. The lowest BCUT2D eigenvalue weighted by Crippen LogP contribution is -2.52. The lowest BCUT2D eigenvalue weighted by molar-refractivity contribution is -0.121. The number of benzene rings is 2. The molecule has 2 aromatic rings. The Hall–Kier alpha value is -2.40. The fourth-order valence-electron chi connectivity index (χ4n) is 4.86. The van der Waals surface area contributed by atoms with Crippen LogP contribution in [0.15, 0.2) is 48.5 Å². The molecule has 2 aliphatic rings. The molecule has 2 fully saturated rings. The van der Waals surface area contributed by atoms with Gasteiger partial charge in [0, 0.05) is 32.1 Å². The molecule has 0 spiro atoms. The molecular formula is C25H31FN2O2. The lowest BCUT2D eigenvalue weighted by Gasteiger charge is -2.43. The topological polar surface area (TPSA) is 41.6 Å². The molecule has 1 saturated heterocycles. The highest BCUT2D eigenvalue weighted by Gasteiger charge is 2.37. The summed E-state index contributed by atoms with van der Waals surface area (Å²) in [6, 6.07) is 14.9. The molecule has 0 unspecified atom stereocenters. The van der Waals surface area contributed by atoms with Crippen molar-refractivity contribution in [1.29, 1.82) is 0 Å². The Bertz CT molecular complexity index is 854. The van der Waals surface area contributed by atoms with Crippen LogP contribution in [0.25, 0.3) is 0 Å². The van der Waals surface area contributed by atoms with Crippen LogP contribution in [0.4, 0.5) is 4.39 Å². The molecule has 4 nitrogen and oxygen atoms in total. The Balaban J connectivity index is 1.44. The molecule has 0 atom stereocenters. The van der Waals surface area contributed by atoms with Gasteiger partial charge in [0.1, 0.15) is 11.6 Å².